The summed E-state index contributed by atoms with van der Waals surface area (Å²) in [6.07, 6.45) is 0. The molecule has 0 aliphatic heterocycles. The second-order valence-corrected chi connectivity index (χ2v) is 3.48. The van der Waals surface area contributed by atoms with Gasteiger partial charge in [0.1, 0.15) is 11.4 Å². The molecule has 0 atom stereocenters. The van der Waals surface area contributed by atoms with Crippen LogP contribution < -0.4 is 0 Å². The summed E-state index contributed by atoms with van der Waals surface area (Å²) < 4.78 is 1.64. The lowest BCUT2D eigenvalue weighted by atomic mass is 10.3. The highest BCUT2D eigenvalue weighted by Gasteiger charge is 2.20. The molecule has 0 aliphatic rings. The van der Waals surface area contributed by atoms with Gasteiger partial charge in [0.05, 0.1) is 11.5 Å². The Hall–Kier alpha value is -0.910. The Balaban J connectivity index is 3.14. The van der Waals surface area contributed by atoms with Crippen molar-refractivity contribution >= 4 is 21.6 Å². The smallest absolute Gasteiger partial charge is 0.262 e. The lowest BCUT2D eigenvalue weighted by molar-refractivity contribution is -0.386. The molecule has 1 heterocycles. The van der Waals surface area contributed by atoms with Gasteiger partial charge < -0.3 is 0 Å². The molecule has 0 bridgehead atoms. The van der Waals surface area contributed by atoms with Crippen molar-refractivity contribution < 1.29 is 4.92 Å². The summed E-state index contributed by atoms with van der Waals surface area (Å²) in [4.78, 5) is 10.2. The molecule has 0 N–H and O–H groups in total. The Morgan fingerprint density at radius 3 is 2.62 bits per heavy atom. The molecule has 0 saturated carbocycles. The number of hydrogen-bond donors (Lipinski definition) is 0. The van der Waals surface area contributed by atoms with Crippen molar-refractivity contribution in [3.05, 3.63) is 21.5 Å². The van der Waals surface area contributed by atoms with Crippen LogP contribution in [-0.2, 0) is 6.54 Å². The van der Waals surface area contributed by atoms with Gasteiger partial charge in [-0.3, -0.25) is 14.8 Å². The van der Waals surface area contributed by atoms with Crippen molar-refractivity contribution in [2.75, 3.05) is 5.33 Å². The minimum absolute atomic E-state index is 0.126. The summed E-state index contributed by atoms with van der Waals surface area (Å²) in [5, 5.41) is 15.4. The predicted octanol–water partition coefficient (Wildman–Crippen LogP) is 1.80. The highest BCUT2D eigenvalue weighted by Crippen LogP contribution is 2.21. The normalized spacial score (nSPS) is 10.4. The van der Waals surface area contributed by atoms with E-state index in [9.17, 15) is 10.1 Å². The molecule has 1 aromatic heterocycles. The van der Waals surface area contributed by atoms with Gasteiger partial charge in [0.15, 0.2) is 0 Å². The molecule has 0 saturated heterocycles. The van der Waals surface area contributed by atoms with E-state index >= 15 is 0 Å². The van der Waals surface area contributed by atoms with Crippen molar-refractivity contribution in [1.82, 2.24) is 9.78 Å². The number of alkyl halides is 1. The van der Waals surface area contributed by atoms with Crippen molar-refractivity contribution in [2.45, 2.75) is 20.4 Å². The van der Waals surface area contributed by atoms with Crippen LogP contribution in [0.4, 0.5) is 5.69 Å². The van der Waals surface area contributed by atoms with Crippen LogP contribution in [0.5, 0.6) is 0 Å². The maximum absolute atomic E-state index is 10.6. The van der Waals surface area contributed by atoms with E-state index in [4.69, 9.17) is 0 Å². The van der Waals surface area contributed by atoms with Gasteiger partial charge in [-0.1, -0.05) is 15.9 Å². The molecule has 0 fully saturated rings. The number of aryl methyl sites for hydroxylation is 2. The second kappa shape index (κ2) is 3.87. The molecule has 0 aliphatic carbocycles. The van der Waals surface area contributed by atoms with Gasteiger partial charge in [-0.05, 0) is 13.8 Å². The number of rotatable bonds is 3. The first-order chi connectivity index (χ1) is 6.07. The summed E-state index contributed by atoms with van der Waals surface area (Å²) in [5.74, 6) is 0. The van der Waals surface area contributed by atoms with Gasteiger partial charge in [0, 0.05) is 5.33 Å². The molecule has 1 aromatic rings. The first-order valence-corrected chi connectivity index (χ1v) is 4.94. The molecular weight excluding hydrogens is 238 g/mol. The van der Waals surface area contributed by atoms with E-state index in [-0.39, 0.29) is 10.6 Å². The van der Waals surface area contributed by atoms with Gasteiger partial charge in [-0.2, -0.15) is 5.10 Å². The first-order valence-electron chi connectivity index (χ1n) is 3.82. The van der Waals surface area contributed by atoms with Gasteiger partial charge in [-0.15, -0.1) is 0 Å². The van der Waals surface area contributed by atoms with Crippen LogP contribution in [0.2, 0.25) is 0 Å². The van der Waals surface area contributed by atoms with Gasteiger partial charge >= 0.3 is 5.69 Å². The van der Waals surface area contributed by atoms with E-state index in [0.29, 0.717) is 17.9 Å². The van der Waals surface area contributed by atoms with E-state index in [1.807, 2.05) is 0 Å². The second-order valence-electron chi connectivity index (χ2n) is 2.69. The molecule has 5 nitrogen and oxygen atoms in total. The Bertz CT molecular complexity index is 335. The maximum Gasteiger partial charge on any atom is 0.312 e. The minimum Gasteiger partial charge on any atom is -0.262 e. The lowest BCUT2D eigenvalue weighted by Gasteiger charge is -1.97. The van der Waals surface area contributed by atoms with Gasteiger partial charge in [-0.25, -0.2) is 0 Å². The molecular formula is C7H10BrN3O2. The van der Waals surface area contributed by atoms with E-state index in [0.717, 1.165) is 5.33 Å². The zero-order chi connectivity index (χ0) is 10.0. The van der Waals surface area contributed by atoms with Gasteiger partial charge in [0.25, 0.3) is 0 Å². The van der Waals surface area contributed by atoms with E-state index in [2.05, 4.69) is 21.0 Å². The summed E-state index contributed by atoms with van der Waals surface area (Å²) in [6, 6.07) is 0. The fourth-order valence-electron chi connectivity index (χ4n) is 1.25. The zero-order valence-corrected chi connectivity index (χ0v) is 9.04. The summed E-state index contributed by atoms with van der Waals surface area (Å²) in [5.41, 5.74) is 1.21. The maximum atomic E-state index is 10.6. The number of halogens is 1. The Morgan fingerprint density at radius 1 is 1.62 bits per heavy atom. The lowest BCUT2D eigenvalue weighted by Crippen LogP contribution is -2.03. The predicted molar refractivity (Wildman–Crippen MR) is 52.1 cm³/mol. The standard InChI is InChI=1S/C7H10BrN3O2/c1-5-7(11(12)13)6(2)10(9-5)4-3-8/h3-4H2,1-2H3. The third-order valence-corrected chi connectivity index (χ3v) is 2.18. The Morgan fingerprint density at radius 2 is 2.23 bits per heavy atom. The number of hydrogen-bond acceptors (Lipinski definition) is 3. The van der Waals surface area contributed by atoms with Crippen LogP contribution in [0.3, 0.4) is 0 Å². The van der Waals surface area contributed by atoms with Crippen molar-refractivity contribution in [3.63, 3.8) is 0 Å². The van der Waals surface area contributed by atoms with Crippen molar-refractivity contribution in [3.8, 4) is 0 Å². The van der Waals surface area contributed by atoms with Crippen LogP contribution in [0.1, 0.15) is 11.4 Å². The molecule has 0 radical (unpaired) electrons. The molecule has 6 heteroatoms. The third kappa shape index (κ3) is 1.88. The summed E-state index contributed by atoms with van der Waals surface area (Å²) >= 11 is 3.26. The molecule has 0 unspecified atom stereocenters. The average molecular weight is 248 g/mol. The zero-order valence-electron chi connectivity index (χ0n) is 7.45. The highest BCUT2D eigenvalue weighted by molar-refractivity contribution is 9.09. The minimum atomic E-state index is -0.387. The molecule has 1 rings (SSSR count). The number of nitrogens with zero attached hydrogens (tertiary/aromatic N) is 3. The molecule has 13 heavy (non-hydrogen) atoms. The molecule has 0 spiro atoms. The largest absolute Gasteiger partial charge is 0.312 e. The molecule has 0 amide bonds. The van der Waals surface area contributed by atoms with E-state index < -0.39 is 0 Å². The Kier molecular flexibility index (Phi) is 3.02. The molecule has 72 valence electrons. The van der Waals surface area contributed by atoms with E-state index in [1.165, 1.54) is 0 Å². The van der Waals surface area contributed by atoms with Crippen LogP contribution in [-0.4, -0.2) is 20.0 Å². The third-order valence-electron chi connectivity index (χ3n) is 1.82. The highest BCUT2D eigenvalue weighted by atomic mass is 79.9. The van der Waals surface area contributed by atoms with Crippen molar-refractivity contribution in [1.29, 1.82) is 0 Å². The van der Waals surface area contributed by atoms with Crippen LogP contribution >= 0.6 is 15.9 Å². The van der Waals surface area contributed by atoms with Crippen LogP contribution in [0.15, 0.2) is 0 Å². The Labute approximate surface area is 84.0 Å². The van der Waals surface area contributed by atoms with Crippen LogP contribution in [0.25, 0.3) is 0 Å². The fourth-order valence-corrected chi connectivity index (χ4v) is 1.59. The number of nitro groups is 1. The SMILES string of the molecule is Cc1nn(CCBr)c(C)c1[N+](=O)[O-]. The average Bonchev–Trinajstić information content (AvgIpc) is 2.28. The van der Waals surface area contributed by atoms with Crippen LogP contribution in [0, 0.1) is 24.0 Å². The van der Waals surface area contributed by atoms with E-state index in [1.54, 1.807) is 18.5 Å². The summed E-state index contributed by atoms with van der Waals surface area (Å²) in [6.45, 7) is 4.01. The first kappa shape index (κ1) is 10.2. The fraction of sp³-hybridized carbons (Fsp3) is 0.571. The summed E-state index contributed by atoms with van der Waals surface area (Å²) in [7, 11) is 0. The monoisotopic (exact) mass is 247 g/mol. The van der Waals surface area contributed by atoms with Crippen molar-refractivity contribution in [2.24, 2.45) is 0 Å². The van der Waals surface area contributed by atoms with Gasteiger partial charge in [0.2, 0.25) is 0 Å². The number of aromatic nitrogens is 2. The quantitative estimate of drug-likeness (QED) is 0.465. The molecule has 0 aromatic carbocycles. The topological polar surface area (TPSA) is 61.0 Å².